The number of esters is 1. The van der Waals surface area contributed by atoms with Crippen LogP contribution in [0.15, 0.2) is 12.1 Å². The lowest BCUT2D eigenvalue weighted by Crippen LogP contribution is -2.27. The Kier molecular flexibility index (Phi) is 4.13. The van der Waals surface area contributed by atoms with Gasteiger partial charge in [0.1, 0.15) is 5.69 Å². The van der Waals surface area contributed by atoms with Crippen LogP contribution in [0.25, 0.3) is 0 Å². The second-order valence-electron chi connectivity index (χ2n) is 4.34. The van der Waals surface area contributed by atoms with Crippen molar-refractivity contribution in [3.05, 3.63) is 23.0 Å². The molecule has 1 fully saturated rings. The van der Waals surface area contributed by atoms with Crippen LogP contribution in [0.1, 0.15) is 6.42 Å². The van der Waals surface area contributed by atoms with E-state index < -0.39 is 17.7 Å². The van der Waals surface area contributed by atoms with Gasteiger partial charge in [0.25, 0.3) is 0 Å². The van der Waals surface area contributed by atoms with E-state index in [-0.39, 0.29) is 35.3 Å². The molecular formula is C13H13ClFNO4. The van der Waals surface area contributed by atoms with Gasteiger partial charge >= 0.3 is 5.97 Å². The molecule has 0 bridgehead atoms. The molecule has 20 heavy (non-hydrogen) atoms. The van der Waals surface area contributed by atoms with Gasteiger partial charge in [0.15, 0.2) is 11.6 Å². The van der Waals surface area contributed by atoms with E-state index in [1.807, 2.05) is 0 Å². The SMILES string of the molecule is COC(=O)C1CC(=O)N(c2c(Cl)ccc(OC)c2F)C1. The Morgan fingerprint density at radius 3 is 2.75 bits per heavy atom. The summed E-state index contributed by atoms with van der Waals surface area (Å²) in [7, 11) is 2.56. The zero-order chi connectivity index (χ0) is 14.9. The molecule has 1 atom stereocenters. The van der Waals surface area contributed by atoms with Crippen molar-refractivity contribution in [2.24, 2.45) is 5.92 Å². The molecule has 0 N–H and O–H groups in total. The van der Waals surface area contributed by atoms with Crippen LogP contribution in [0.5, 0.6) is 5.75 Å². The summed E-state index contributed by atoms with van der Waals surface area (Å²) in [5.74, 6) is -2.23. The van der Waals surface area contributed by atoms with Crippen LogP contribution < -0.4 is 9.64 Å². The molecule has 0 spiro atoms. The first-order valence-electron chi connectivity index (χ1n) is 5.89. The Hall–Kier alpha value is -1.82. The third-order valence-corrected chi connectivity index (χ3v) is 3.49. The van der Waals surface area contributed by atoms with Crippen molar-refractivity contribution < 1.29 is 23.5 Å². The van der Waals surface area contributed by atoms with Gasteiger partial charge in [0.2, 0.25) is 5.91 Å². The molecule has 5 nitrogen and oxygen atoms in total. The molecule has 1 heterocycles. The highest BCUT2D eigenvalue weighted by Gasteiger charge is 2.38. The summed E-state index contributed by atoms with van der Waals surface area (Å²) in [4.78, 5) is 24.6. The maximum atomic E-state index is 14.2. The quantitative estimate of drug-likeness (QED) is 0.802. The van der Waals surface area contributed by atoms with E-state index >= 15 is 0 Å². The molecule has 1 amide bonds. The molecule has 1 aromatic carbocycles. The van der Waals surface area contributed by atoms with E-state index in [1.54, 1.807) is 0 Å². The minimum absolute atomic E-state index is 0.0151. The van der Waals surface area contributed by atoms with Gasteiger partial charge in [-0.25, -0.2) is 4.39 Å². The smallest absolute Gasteiger partial charge is 0.311 e. The fourth-order valence-electron chi connectivity index (χ4n) is 2.18. The highest BCUT2D eigenvalue weighted by atomic mass is 35.5. The lowest BCUT2D eigenvalue weighted by Gasteiger charge is -2.19. The standard InChI is InChI=1S/C13H13ClFNO4/c1-19-9-4-3-8(14)12(11(9)15)16-6-7(5-10(16)17)13(18)20-2/h3-4,7H,5-6H2,1-2H3. The highest BCUT2D eigenvalue weighted by molar-refractivity contribution is 6.34. The van der Waals surface area contributed by atoms with Crippen molar-refractivity contribution in [2.75, 3.05) is 25.7 Å². The van der Waals surface area contributed by atoms with Gasteiger partial charge < -0.3 is 14.4 Å². The Balaban J connectivity index is 2.37. The summed E-state index contributed by atoms with van der Waals surface area (Å²) >= 11 is 5.96. The molecule has 1 saturated heterocycles. The minimum atomic E-state index is -0.723. The van der Waals surface area contributed by atoms with Crippen LogP contribution in [-0.4, -0.2) is 32.6 Å². The summed E-state index contributed by atoms with van der Waals surface area (Å²) in [6.45, 7) is 0.0370. The number of carbonyl (C=O) groups excluding carboxylic acids is 2. The van der Waals surface area contributed by atoms with Gasteiger partial charge in [0.05, 0.1) is 25.2 Å². The molecule has 1 unspecified atom stereocenters. The first-order valence-corrected chi connectivity index (χ1v) is 6.27. The molecule has 7 heteroatoms. The number of ether oxygens (including phenoxy) is 2. The van der Waals surface area contributed by atoms with E-state index in [0.717, 1.165) is 4.90 Å². The van der Waals surface area contributed by atoms with Crippen LogP contribution in [0.2, 0.25) is 5.02 Å². The van der Waals surface area contributed by atoms with Gasteiger partial charge in [-0.3, -0.25) is 9.59 Å². The number of nitrogens with zero attached hydrogens (tertiary/aromatic N) is 1. The second kappa shape index (κ2) is 5.66. The van der Waals surface area contributed by atoms with Crippen molar-refractivity contribution in [3.8, 4) is 5.75 Å². The van der Waals surface area contributed by atoms with Crippen molar-refractivity contribution >= 4 is 29.2 Å². The van der Waals surface area contributed by atoms with E-state index in [2.05, 4.69) is 4.74 Å². The number of amides is 1. The zero-order valence-corrected chi connectivity index (χ0v) is 11.7. The topological polar surface area (TPSA) is 55.8 Å². The Morgan fingerprint density at radius 1 is 1.45 bits per heavy atom. The molecule has 0 aliphatic carbocycles. The lowest BCUT2D eigenvalue weighted by atomic mass is 10.1. The fourth-order valence-corrected chi connectivity index (χ4v) is 2.42. The van der Waals surface area contributed by atoms with E-state index in [9.17, 15) is 14.0 Å². The molecule has 0 saturated carbocycles. The van der Waals surface area contributed by atoms with Crippen molar-refractivity contribution in [2.45, 2.75) is 6.42 Å². The molecule has 0 aromatic heterocycles. The van der Waals surface area contributed by atoms with Gasteiger partial charge in [0, 0.05) is 13.0 Å². The molecular weight excluding hydrogens is 289 g/mol. The number of halogens is 2. The average molecular weight is 302 g/mol. The molecule has 1 aliphatic rings. The summed E-state index contributed by atoms with van der Waals surface area (Å²) in [5, 5.41) is 0.0853. The second-order valence-corrected chi connectivity index (χ2v) is 4.75. The maximum Gasteiger partial charge on any atom is 0.311 e. The Morgan fingerprint density at radius 2 is 2.15 bits per heavy atom. The van der Waals surface area contributed by atoms with E-state index in [4.69, 9.17) is 16.3 Å². The third-order valence-electron chi connectivity index (χ3n) is 3.18. The summed E-state index contributed by atoms with van der Waals surface area (Å²) in [6.07, 6.45) is -0.0281. The van der Waals surface area contributed by atoms with E-state index in [1.165, 1.54) is 26.4 Å². The van der Waals surface area contributed by atoms with Crippen LogP contribution in [0.4, 0.5) is 10.1 Å². The third kappa shape index (κ3) is 2.43. The molecule has 1 aliphatic heterocycles. The predicted octanol–water partition coefficient (Wildman–Crippen LogP) is 2.01. The molecule has 108 valence electrons. The number of hydrogen-bond acceptors (Lipinski definition) is 4. The predicted molar refractivity (Wildman–Crippen MR) is 70.4 cm³/mol. The summed E-state index contributed by atoms with van der Waals surface area (Å²) in [6, 6.07) is 2.82. The largest absolute Gasteiger partial charge is 0.494 e. The Bertz CT molecular complexity index is 564. The van der Waals surface area contributed by atoms with Crippen LogP contribution in [-0.2, 0) is 14.3 Å². The molecule has 2 rings (SSSR count). The first kappa shape index (κ1) is 14.6. The van der Waals surface area contributed by atoms with Gasteiger partial charge in [-0.05, 0) is 12.1 Å². The summed E-state index contributed by atoms with van der Waals surface area (Å²) in [5.41, 5.74) is -0.0672. The maximum absolute atomic E-state index is 14.2. The summed E-state index contributed by atoms with van der Waals surface area (Å²) < 4.78 is 23.7. The van der Waals surface area contributed by atoms with Gasteiger partial charge in [-0.2, -0.15) is 0 Å². The number of methoxy groups -OCH3 is 2. The Labute approximate surface area is 120 Å². The van der Waals surface area contributed by atoms with Crippen LogP contribution in [0, 0.1) is 11.7 Å². The monoisotopic (exact) mass is 301 g/mol. The lowest BCUT2D eigenvalue weighted by molar-refractivity contribution is -0.145. The van der Waals surface area contributed by atoms with Crippen LogP contribution in [0.3, 0.4) is 0 Å². The number of hydrogen-bond donors (Lipinski definition) is 0. The number of carbonyl (C=O) groups is 2. The van der Waals surface area contributed by atoms with Crippen LogP contribution >= 0.6 is 11.6 Å². The minimum Gasteiger partial charge on any atom is -0.494 e. The zero-order valence-electron chi connectivity index (χ0n) is 11.0. The fraction of sp³-hybridized carbons (Fsp3) is 0.385. The van der Waals surface area contributed by atoms with Crippen molar-refractivity contribution in [3.63, 3.8) is 0 Å². The normalized spacial score (nSPS) is 18.3. The highest BCUT2D eigenvalue weighted by Crippen LogP contribution is 2.37. The molecule has 0 radical (unpaired) electrons. The first-order chi connectivity index (χ1) is 9.49. The van der Waals surface area contributed by atoms with E-state index in [0.29, 0.717) is 0 Å². The number of benzene rings is 1. The number of anilines is 1. The van der Waals surface area contributed by atoms with Crippen molar-refractivity contribution in [1.29, 1.82) is 0 Å². The van der Waals surface area contributed by atoms with Gasteiger partial charge in [-0.15, -0.1) is 0 Å². The molecule has 1 aromatic rings. The van der Waals surface area contributed by atoms with Gasteiger partial charge in [-0.1, -0.05) is 11.6 Å². The average Bonchev–Trinajstić information content (AvgIpc) is 2.80. The number of rotatable bonds is 3. The van der Waals surface area contributed by atoms with Crippen molar-refractivity contribution in [1.82, 2.24) is 0 Å².